The second-order valence-electron chi connectivity index (χ2n) is 4.31. The number of benzene rings is 1. The third kappa shape index (κ3) is 5.21. The van der Waals surface area contributed by atoms with Gasteiger partial charge >= 0.3 is 0 Å². The Hall–Kier alpha value is -1.84. The lowest BCUT2D eigenvalue weighted by molar-refractivity contribution is -0.0999. The summed E-state index contributed by atoms with van der Waals surface area (Å²) in [6.45, 7) is -0.771. The van der Waals surface area contributed by atoms with Gasteiger partial charge in [-0.1, -0.05) is 18.2 Å². The first-order valence-electron chi connectivity index (χ1n) is 6.19. The van der Waals surface area contributed by atoms with Crippen molar-refractivity contribution < 1.29 is 30.3 Å². The van der Waals surface area contributed by atoms with Crippen LogP contribution < -0.4 is 5.43 Å². The van der Waals surface area contributed by atoms with Gasteiger partial charge in [-0.3, -0.25) is 4.79 Å². The summed E-state index contributed by atoms with van der Waals surface area (Å²) in [5, 5.41) is 49.6. The largest absolute Gasteiger partial charge is 0.394 e. The van der Waals surface area contributed by atoms with E-state index in [4.69, 9.17) is 10.2 Å². The van der Waals surface area contributed by atoms with Crippen molar-refractivity contribution in [3.8, 4) is 0 Å². The van der Waals surface area contributed by atoms with Gasteiger partial charge in [0.15, 0.2) is 0 Å². The van der Waals surface area contributed by atoms with Crippen molar-refractivity contribution in [3.63, 3.8) is 0 Å². The minimum absolute atomic E-state index is 0.362. The number of aliphatic hydroxyl groups is 5. The lowest BCUT2D eigenvalue weighted by atomic mass is 10.0. The fraction of sp³-hybridized carbons (Fsp3) is 0.385. The number of aliphatic hydroxyl groups excluding tert-OH is 5. The van der Waals surface area contributed by atoms with Crippen LogP contribution in [0.4, 0.5) is 0 Å². The van der Waals surface area contributed by atoms with Crippen molar-refractivity contribution in [1.82, 2.24) is 5.43 Å². The highest BCUT2D eigenvalue weighted by Crippen LogP contribution is 2.03. The van der Waals surface area contributed by atoms with E-state index in [9.17, 15) is 20.1 Å². The lowest BCUT2D eigenvalue weighted by Gasteiger charge is -2.23. The molecular formula is C13H18N2O6. The van der Waals surface area contributed by atoms with Crippen molar-refractivity contribution in [2.45, 2.75) is 24.4 Å². The van der Waals surface area contributed by atoms with E-state index in [1.807, 2.05) is 0 Å². The Morgan fingerprint density at radius 1 is 1.14 bits per heavy atom. The van der Waals surface area contributed by atoms with Crippen LogP contribution in [0.2, 0.25) is 0 Å². The highest BCUT2D eigenvalue weighted by Gasteiger charge is 2.29. The molecule has 116 valence electrons. The first-order valence-corrected chi connectivity index (χ1v) is 6.19. The van der Waals surface area contributed by atoms with E-state index in [-0.39, 0.29) is 0 Å². The van der Waals surface area contributed by atoms with E-state index in [2.05, 4.69) is 10.5 Å². The van der Waals surface area contributed by atoms with Crippen molar-refractivity contribution >= 4 is 12.1 Å². The molecule has 0 radical (unpaired) electrons. The molecule has 0 fully saturated rings. The standard InChI is InChI=1S/C13H18N2O6/c16-7-10(18)12(20)11(19)9(17)6-14-15-13(21)8-4-2-1-3-5-8/h1-6,9-12,16-20H,7H2,(H,15,21)/b14-6+/t9-,10-,11+,12-/m1/s1. The molecule has 0 unspecified atom stereocenters. The number of nitrogens with zero attached hydrogens (tertiary/aromatic N) is 1. The zero-order valence-electron chi connectivity index (χ0n) is 11.1. The molecule has 4 atom stereocenters. The molecule has 0 saturated carbocycles. The molecule has 21 heavy (non-hydrogen) atoms. The molecule has 0 aliphatic heterocycles. The van der Waals surface area contributed by atoms with Gasteiger partial charge in [0.05, 0.1) is 12.8 Å². The van der Waals surface area contributed by atoms with Gasteiger partial charge < -0.3 is 25.5 Å². The number of hydrazone groups is 1. The molecule has 0 bridgehead atoms. The van der Waals surface area contributed by atoms with Crippen LogP contribution >= 0.6 is 0 Å². The minimum Gasteiger partial charge on any atom is -0.394 e. The van der Waals surface area contributed by atoms with E-state index in [1.165, 1.54) is 0 Å². The van der Waals surface area contributed by atoms with Gasteiger partial charge in [0.1, 0.15) is 24.4 Å². The van der Waals surface area contributed by atoms with Crippen molar-refractivity contribution in [1.29, 1.82) is 0 Å². The second kappa shape index (κ2) is 8.45. The Morgan fingerprint density at radius 3 is 2.33 bits per heavy atom. The SMILES string of the molecule is O=C(N/N=C/[C@@H](O)[C@H](O)[C@H](O)[C@H](O)CO)c1ccccc1. The molecule has 1 rings (SSSR count). The maximum Gasteiger partial charge on any atom is 0.271 e. The summed E-state index contributed by atoms with van der Waals surface area (Å²) in [5.74, 6) is -0.510. The van der Waals surface area contributed by atoms with Crippen LogP contribution in [0.25, 0.3) is 0 Å². The number of amides is 1. The number of rotatable bonds is 7. The predicted molar refractivity (Wildman–Crippen MR) is 73.5 cm³/mol. The average Bonchev–Trinajstić information content (AvgIpc) is 2.53. The molecule has 1 amide bonds. The Balaban J connectivity index is 2.51. The monoisotopic (exact) mass is 298 g/mol. The second-order valence-corrected chi connectivity index (χ2v) is 4.31. The Morgan fingerprint density at radius 2 is 1.76 bits per heavy atom. The molecule has 0 aromatic heterocycles. The number of carbonyl (C=O) groups excluding carboxylic acids is 1. The molecule has 0 aliphatic rings. The maximum atomic E-state index is 11.6. The third-order valence-electron chi connectivity index (χ3n) is 2.71. The predicted octanol–water partition coefficient (Wildman–Crippen LogP) is -2.16. The van der Waals surface area contributed by atoms with Crippen LogP contribution in [0.3, 0.4) is 0 Å². The molecular weight excluding hydrogens is 280 g/mol. The lowest BCUT2D eigenvalue weighted by Crippen LogP contribution is -2.46. The summed E-state index contributed by atoms with van der Waals surface area (Å²) in [6.07, 6.45) is -5.93. The smallest absolute Gasteiger partial charge is 0.271 e. The van der Waals surface area contributed by atoms with Crippen LogP contribution in [0.15, 0.2) is 35.4 Å². The quantitative estimate of drug-likeness (QED) is 0.250. The van der Waals surface area contributed by atoms with Gasteiger partial charge in [-0.2, -0.15) is 5.10 Å². The van der Waals surface area contributed by atoms with E-state index < -0.39 is 36.9 Å². The van der Waals surface area contributed by atoms with Gasteiger partial charge in [0, 0.05) is 5.56 Å². The number of carbonyl (C=O) groups is 1. The normalized spacial score (nSPS) is 17.2. The van der Waals surface area contributed by atoms with Crippen molar-refractivity contribution in [2.24, 2.45) is 5.10 Å². The van der Waals surface area contributed by atoms with Crippen LogP contribution in [0.1, 0.15) is 10.4 Å². The molecule has 1 aromatic carbocycles. The Labute approximate surface area is 121 Å². The van der Waals surface area contributed by atoms with Gasteiger partial charge in [0.2, 0.25) is 0 Å². The summed E-state index contributed by atoms with van der Waals surface area (Å²) >= 11 is 0. The molecule has 1 aromatic rings. The van der Waals surface area contributed by atoms with E-state index in [0.717, 1.165) is 6.21 Å². The van der Waals surface area contributed by atoms with Gasteiger partial charge in [-0.05, 0) is 12.1 Å². The van der Waals surface area contributed by atoms with Crippen molar-refractivity contribution in [2.75, 3.05) is 6.61 Å². The highest BCUT2D eigenvalue weighted by molar-refractivity contribution is 5.94. The van der Waals surface area contributed by atoms with Crippen LogP contribution in [-0.4, -0.2) is 68.7 Å². The molecule has 8 nitrogen and oxygen atoms in total. The average molecular weight is 298 g/mol. The number of nitrogens with one attached hydrogen (secondary N) is 1. The van der Waals surface area contributed by atoms with Crippen LogP contribution in [0, 0.1) is 0 Å². The van der Waals surface area contributed by atoms with Gasteiger partial charge in [-0.25, -0.2) is 5.43 Å². The van der Waals surface area contributed by atoms with Crippen LogP contribution in [-0.2, 0) is 0 Å². The third-order valence-corrected chi connectivity index (χ3v) is 2.71. The zero-order valence-corrected chi connectivity index (χ0v) is 11.1. The highest BCUT2D eigenvalue weighted by atomic mass is 16.4. The molecule has 8 heteroatoms. The molecule has 6 N–H and O–H groups in total. The van der Waals surface area contributed by atoms with Gasteiger partial charge in [-0.15, -0.1) is 0 Å². The van der Waals surface area contributed by atoms with E-state index >= 15 is 0 Å². The molecule has 0 spiro atoms. The molecule has 0 saturated heterocycles. The van der Waals surface area contributed by atoms with E-state index in [1.54, 1.807) is 30.3 Å². The number of hydrogen-bond acceptors (Lipinski definition) is 7. The summed E-state index contributed by atoms with van der Waals surface area (Å²) in [7, 11) is 0. The maximum absolute atomic E-state index is 11.6. The Bertz CT molecular complexity index is 467. The van der Waals surface area contributed by atoms with Crippen molar-refractivity contribution in [3.05, 3.63) is 35.9 Å². The first-order chi connectivity index (χ1) is 9.97. The van der Waals surface area contributed by atoms with Gasteiger partial charge in [0.25, 0.3) is 5.91 Å². The Kier molecular flexibility index (Phi) is 6.92. The van der Waals surface area contributed by atoms with Crippen LogP contribution in [0.5, 0.6) is 0 Å². The zero-order chi connectivity index (χ0) is 15.8. The molecule has 0 heterocycles. The summed E-state index contributed by atoms with van der Waals surface area (Å²) in [5.41, 5.74) is 2.49. The fourth-order valence-corrected chi connectivity index (χ4v) is 1.45. The van der Waals surface area contributed by atoms with E-state index in [0.29, 0.717) is 5.56 Å². The fourth-order valence-electron chi connectivity index (χ4n) is 1.45. The summed E-state index contributed by atoms with van der Waals surface area (Å²) < 4.78 is 0. The topological polar surface area (TPSA) is 143 Å². The minimum atomic E-state index is -1.76. The number of hydrogen-bond donors (Lipinski definition) is 6. The summed E-state index contributed by atoms with van der Waals surface area (Å²) in [6, 6.07) is 8.22. The first kappa shape index (κ1) is 17.2. The summed E-state index contributed by atoms with van der Waals surface area (Å²) in [4.78, 5) is 11.6. The molecule has 0 aliphatic carbocycles.